The summed E-state index contributed by atoms with van der Waals surface area (Å²) in [6.07, 6.45) is 1.44. The molecule has 0 aromatic heterocycles. The predicted molar refractivity (Wildman–Crippen MR) is 112 cm³/mol. The first-order valence-corrected chi connectivity index (χ1v) is 9.29. The molecule has 0 aliphatic heterocycles. The Morgan fingerprint density at radius 3 is 2.46 bits per heavy atom. The molecule has 0 saturated carbocycles. The SMILES string of the molecule is Cc1ccc(C(=O)Oc2ccccc2/C=N\NC(=O)c2cccc(Br)c2)cc1. The van der Waals surface area contributed by atoms with Gasteiger partial charge in [-0.2, -0.15) is 5.10 Å². The maximum Gasteiger partial charge on any atom is 0.343 e. The molecule has 0 bridgehead atoms. The molecule has 1 amide bonds. The van der Waals surface area contributed by atoms with Crippen LogP contribution in [0.5, 0.6) is 5.75 Å². The van der Waals surface area contributed by atoms with Crippen LogP contribution >= 0.6 is 15.9 Å². The minimum absolute atomic E-state index is 0.341. The Hall–Kier alpha value is -3.25. The van der Waals surface area contributed by atoms with E-state index in [1.807, 2.05) is 25.1 Å². The quantitative estimate of drug-likeness (QED) is 0.271. The molecule has 5 nitrogen and oxygen atoms in total. The van der Waals surface area contributed by atoms with Crippen LogP contribution in [0.4, 0.5) is 0 Å². The lowest BCUT2D eigenvalue weighted by Gasteiger charge is -2.07. The van der Waals surface area contributed by atoms with Crippen molar-refractivity contribution in [1.29, 1.82) is 0 Å². The summed E-state index contributed by atoms with van der Waals surface area (Å²) >= 11 is 3.32. The fraction of sp³-hybridized carbons (Fsp3) is 0.0455. The van der Waals surface area contributed by atoms with Crippen molar-refractivity contribution in [3.63, 3.8) is 0 Å². The summed E-state index contributed by atoms with van der Waals surface area (Å²) in [6, 6.07) is 21.1. The van der Waals surface area contributed by atoms with Gasteiger partial charge in [0.1, 0.15) is 5.75 Å². The third kappa shape index (κ3) is 5.14. The van der Waals surface area contributed by atoms with Crippen LogP contribution in [0.2, 0.25) is 0 Å². The number of nitrogens with one attached hydrogen (secondary N) is 1. The molecule has 0 aliphatic carbocycles. The average molecular weight is 437 g/mol. The number of nitrogens with zero attached hydrogens (tertiary/aromatic N) is 1. The van der Waals surface area contributed by atoms with Crippen LogP contribution in [-0.2, 0) is 0 Å². The number of carbonyl (C=O) groups is 2. The molecule has 6 heteroatoms. The second-order valence-corrected chi connectivity index (χ2v) is 6.92. The van der Waals surface area contributed by atoms with Gasteiger partial charge in [0.25, 0.3) is 5.91 Å². The molecule has 3 aromatic rings. The van der Waals surface area contributed by atoms with Gasteiger partial charge in [0.05, 0.1) is 11.8 Å². The second-order valence-electron chi connectivity index (χ2n) is 6.00. The summed E-state index contributed by atoms with van der Waals surface area (Å²) in [5.41, 5.74) is 5.03. The maximum atomic E-state index is 12.3. The Balaban J connectivity index is 1.69. The molecule has 0 radical (unpaired) electrons. The van der Waals surface area contributed by atoms with Gasteiger partial charge in [-0.15, -0.1) is 0 Å². The first-order chi connectivity index (χ1) is 13.5. The molecule has 3 aromatic carbocycles. The van der Waals surface area contributed by atoms with Gasteiger partial charge in [0.2, 0.25) is 0 Å². The summed E-state index contributed by atoms with van der Waals surface area (Å²) in [4.78, 5) is 24.5. The van der Waals surface area contributed by atoms with E-state index in [1.165, 1.54) is 6.21 Å². The van der Waals surface area contributed by atoms with Gasteiger partial charge in [0, 0.05) is 15.6 Å². The van der Waals surface area contributed by atoms with Gasteiger partial charge in [-0.1, -0.05) is 51.8 Å². The molecule has 0 saturated heterocycles. The van der Waals surface area contributed by atoms with E-state index >= 15 is 0 Å². The molecular formula is C22H17BrN2O3. The molecule has 140 valence electrons. The van der Waals surface area contributed by atoms with Crippen LogP contribution in [0.25, 0.3) is 0 Å². The Bertz CT molecular complexity index is 1030. The number of halogens is 1. The highest BCUT2D eigenvalue weighted by molar-refractivity contribution is 9.10. The minimum Gasteiger partial charge on any atom is -0.422 e. The van der Waals surface area contributed by atoms with Crippen molar-refractivity contribution >= 4 is 34.0 Å². The van der Waals surface area contributed by atoms with Crippen molar-refractivity contribution in [2.24, 2.45) is 5.10 Å². The summed E-state index contributed by atoms with van der Waals surface area (Å²) in [5, 5.41) is 3.97. The number of aryl methyl sites for hydroxylation is 1. The highest BCUT2D eigenvalue weighted by atomic mass is 79.9. The molecule has 0 atom stereocenters. The number of hydrogen-bond donors (Lipinski definition) is 1. The first kappa shape index (κ1) is 19.5. The summed E-state index contributed by atoms with van der Waals surface area (Å²) in [6.45, 7) is 1.95. The van der Waals surface area contributed by atoms with Crippen LogP contribution in [0.3, 0.4) is 0 Å². The van der Waals surface area contributed by atoms with Crippen LogP contribution in [0.1, 0.15) is 31.8 Å². The fourth-order valence-electron chi connectivity index (χ4n) is 2.38. The molecule has 0 spiro atoms. The van der Waals surface area contributed by atoms with E-state index in [9.17, 15) is 9.59 Å². The van der Waals surface area contributed by atoms with Crippen molar-refractivity contribution in [3.05, 3.63) is 99.5 Å². The number of amides is 1. The fourth-order valence-corrected chi connectivity index (χ4v) is 2.78. The lowest BCUT2D eigenvalue weighted by Crippen LogP contribution is -2.17. The van der Waals surface area contributed by atoms with E-state index in [0.29, 0.717) is 22.4 Å². The van der Waals surface area contributed by atoms with Crippen molar-refractivity contribution in [2.45, 2.75) is 6.92 Å². The van der Waals surface area contributed by atoms with Crippen molar-refractivity contribution in [3.8, 4) is 5.75 Å². The Labute approximate surface area is 171 Å². The molecule has 0 aliphatic rings. The normalized spacial score (nSPS) is 10.6. The zero-order valence-corrected chi connectivity index (χ0v) is 16.6. The van der Waals surface area contributed by atoms with Crippen molar-refractivity contribution in [2.75, 3.05) is 0 Å². The number of benzene rings is 3. The largest absolute Gasteiger partial charge is 0.422 e. The Morgan fingerprint density at radius 2 is 1.71 bits per heavy atom. The maximum absolute atomic E-state index is 12.3. The molecule has 0 unspecified atom stereocenters. The number of ether oxygens (including phenoxy) is 1. The second kappa shape index (κ2) is 9.10. The van der Waals surface area contributed by atoms with Crippen LogP contribution < -0.4 is 10.2 Å². The topological polar surface area (TPSA) is 67.8 Å². The predicted octanol–water partition coefficient (Wildman–Crippen LogP) is 4.74. The number of carbonyl (C=O) groups excluding carboxylic acids is 2. The molecule has 28 heavy (non-hydrogen) atoms. The average Bonchev–Trinajstić information content (AvgIpc) is 2.69. The van der Waals surface area contributed by atoms with Crippen molar-refractivity contribution in [1.82, 2.24) is 5.43 Å². The van der Waals surface area contributed by atoms with Gasteiger partial charge in [0.15, 0.2) is 0 Å². The lowest BCUT2D eigenvalue weighted by atomic mass is 10.1. The first-order valence-electron chi connectivity index (χ1n) is 8.50. The van der Waals surface area contributed by atoms with Crippen molar-refractivity contribution < 1.29 is 14.3 Å². The smallest absolute Gasteiger partial charge is 0.343 e. The van der Waals surface area contributed by atoms with Gasteiger partial charge in [-0.3, -0.25) is 4.79 Å². The molecular weight excluding hydrogens is 420 g/mol. The van der Waals surface area contributed by atoms with Gasteiger partial charge in [-0.05, 0) is 49.4 Å². The minimum atomic E-state index is -0.459. The third-order valence-electron chi connectivity index (χ3n) is 3.87. The molecule has 0 heterocycles. The summed E-state index contributed by atoms with van der Waals surface area (Å²) in [5.74, 6) is -0.445. The van der Waals surface area contributed by atoms with Crippen LogP contribution in [0, 0.1) is 6.92 Å². The molecule has 0 fully saturated rings. The highest BCUT2D eigenvalue weighted by Gasteiger charge is 2.11. The third-order valence-corrected chi connectivity index (χ3v) is 4.36. The van der Waals surface area contributed by atoms with Gasteiger partial charge in [-0.25, -0.2) is 10.2 Å². The monoisotopic (exact) mass is 436 g/mol. The number of esters is 1. The molecule has 1 N–H and O–H groups in total. The van der Waals surface area contributed by atoms with E-state index in [2.05, 4.69) is 26.5 Å². The highest BCUT2D eigenvalue weighted by Crippen LogP contribution is 2.18. The van der Waals surface area contributed by atoms with E-state index in [-0.39, 0.29) is 5.91 Å². The zero-order valence-electron chi connectivity index (χ0n) is 15.1. The number of hydrazone groups is 1. The van der Waals surface area contributed by atoms with Crippen LogP contribution in [-0.4, -0.2) is 18.1 Å². The number of rotatable bonds is 5. The number of para-hydroxylation sites is 1. The summed E-state index contributed by atoms with van der Waals surface area (Å²) < 4.78 is 6.28. The summed E-state index contributed by atoms with van der Waals surface area (Å²) in [7, 11) is 0. The van der Waals surface area contributed by atoms with Gasteiger partial charge >= 0.3 is 5.97 Å². The number of hydrogen-bond acceptors (Lipinski definition) is 4. The Kier molecular flexibility index (Phi) is 6.34. The lowest BCUT2D eigenvalue weighted by molar-refractivity contribution is 0.0734. The van der Waals surface area contributed by atoms with E-state index in [1.54, 1.807) is 54.6 Å². The zero-order chi connectivity index (χ0) is 19.9. The van der Waals surface area contributed by atoms with E-state index in [0.717, 1.165) is 10.0 Å². The van der Waals surface area contributed by atoms with E-state index in [4.69, 9.17) is 4.74 Å². The van der Waals surface area contributed by atoms with Crippen LogP contribution in [0.15, 0.2) is 82.4 Å². The standard InChI is InChI=1S/C22H17BrN2O3/c1-15-9-11-16(12-10-15)22(27)28-20-8-3-2-5-18(20)14-24-25-21(26)17-6-4-7-19(23)13-17/h2-14H,1H3,(H,25,26)/b24-14-. The van der Waals surface area contributed by atoms with Gasteiger partial charge < -0.3 is 4.74 Å². The Morgan fingerprint density at radius 1 is 0.964 bits per heavy atom. The van der Waals surface area contributed by atoms with E-state index < -0.39 is 5.97 Å². The molecule has 3 rings (SSSR count).